The maximum atomic E-state index is 13.6. The number of carbonyl (C=O) groups is 3. The number of esters is 1. The fourth-order valence-corrected chi connectivity index (χ4v) is 4.74. The minimum absolute atomic E-state index is 0.0616. The quantitative estimate of drug-likeness (QED) is 0.0862. The summed E-state index contributed by atoms with van der Waals surface area (Å²) in [5, 5.41) is 17.6. The van der Waals surface area contributed by atoms with Gasteiger partial charge >= 0.3 is 5.97 Å². The molecular formula is C26H38N6O5. The number of oxime groups is 1. The van der Waals surface area contributed by atoms with Crippen LogP contribution in [0, 0.1) is 5.92 Å². The average molecular weight is 515 g/mol. The lowest BCUT2D eigenvalue weighted by atomic mass is 9.84. The molecule has 1 fully saturated rings. The fourth-order valence-electron chi connectivity index (χ4n) is 4.74. The number of amides is 2. The predicted octanol–water partition coefficient (Wildman–Crippen LogP) is 1.44. The van der Waals surface area contributed by atoms with Crippen LogP contribution in [0.1, 0.15) is 63.6 Å². The Kier molecular flexibility index (Phi) is 10.4. The molecule has 11 nitrogen and oxygen atoms in total. The van der Waals surface area contributed by atoms with Gasteiger partial charge in [0.1, 0.15) is 11.7 Å². The second-order valence-corrected chi connectivity index (χ2v) is 9.83. The Bertz CT molecular complexity index is 988. The first-order valence-electron chi connectivity index (χ1n) is 12.9. The maximum Gasteiger partial charge on any atom is 0.320 e. The molecule has 1 aliphatic carbocycles. The van der Waals surface area contributed by atoms with Gasteiger partial charge in [-0.05, 0) is 37.8 Å². The summed E-state index contributed by atoms with van der Waals surface area (Å²) in [6, 6.07) is 1.99. The van der Waals surface area contributed by atoms with Crippen molar-refractivity contribution < 1.29 is 24.3 Å². The number of rotatable bonds is 11. The molecule has 1 aromatic rings. The van der Waals surface area contributed by atoms with Gasteiger partial charge in [-0.25, -0.2) is 0 Å². The van der Waals surface area contributed by atoms with E-state index in [-0.39, 0.29) is 36.8 Å². The number of nitrogens with zero attached hydrogens (tertiary/aromatic N) is 3. The molecule has 1 saturated carbocycles. The Morgan fingerprint density at radius 3 is 2.65 bits per heavy atom. The Hall–Kier alpha value is -3.47. The van der Waals surface area contributed by atoms with Crippen LogP contribution in [0.3, 0.4) is 0 Å². The zero-order valence-corrected chi connectivity index (χ0v) is 21.6. The van der Waals surface area contributed by atoms with Gasteiger partial charge in [0.25, 0.3) is 0 Å². The summed E-state index contributed by atoms with van der Waals surface area (Å²) in [5.41, 5.74) is 6.57. The normalized spacial score (nSPS) is 19.2. The van der Waals surface area contributed by atoms with E-state index in [2.05, 4.69) is 20.8 Å². The fraction of sp³-hybridized carbons (Fsp3) is 0.577. The minimum Gasteiger partial charge on any atom is -0.462 e. The van der Waals surface area contributed by atoms with Gasteiger partial charge in [0.2, 0.25) is 11.8 Å². The molecule has 202 valence electrons. The summed E-state index contributed by atoms with van der Waals surface area (Å²) in [4.78, 5) is 44.4. The summed E-state index contributed by atoms with van der Waals surface area (Å²) in [6.45, 7) is 4.04. The van der Waals surface area contributed by atoms with Crippen LogP contribution < -0.4 is 16.4 Å². The van der Waals surface area contributed by atoms with Crippen molar-refractivity contribution in [2.45, 2.75) is 77.1 Å². The number of hydrogen-bond donors (Lipinski definition) is 4. The summed E-state index contributed by atoms with van der Waals surface area (Å²) in [6.07, 6.45) is 11.1. The molecule has 1 aromatic heterocycles. The van der Waals surface area contributed by atoms with Gasteiger partial charge in [0.15, 0.2) is 5.84 Å². The van der Waals surface area contributed by atoms with Gasteiger partial charge in [0, 0.05) is 19.3 Å². The first-order valence-corrected chi connectivity index (χ1v) is 12.9. The number of carbonyl (C=O) groups excluding carboxylic acids is 3. The van der Waals surface area contributed by atoms with Crippen LogP contribution in [0.15, 0.2) is 35.6 Å². The summed E-state index contributed by atoms with van der Waals surface area (Å²) in [5.74, 6) is -0.609. The third kappa shape index (κ3) is 8.28. The van der Waals surface area contributed by atoms with E-state index in [9.17, 15) is 14.4 Å². The largest absolute Gasteiger partial charge is 0.462 e. The van der Waals surface area contributed by atoms with Crippen LogP contribution in [0.4, 0.5) is 0 Å². The number of pyridine rings is 1. The molecule has 11 heteroatoms. The lowest BCUT2D eigenvalue weighted by Gasteiger charge is -2.31. The zero-order chi connectivity index (χ0) is 26.8. The topological polar surface area (TPSA) is 159 Å². The molecule has 3 rings (SSSR count). The molecule has 1 aliphatic heterocycles. The van der Waals surface area contributed by atoms with E-state index >= 15 is 0 Å². The average Bonchev–Trinajstić information content (AvgIpc) is 3.39. The highest BCUT2D eigenvalue weighted by Gasteiger charge is 2.35. The van der Waals surface area contributed by atoms with Crippen LogP contribution in [0.5, 0.6) is 0 Å². The molecule has 5 N–H and O–H groups in total. The molecule has 0 unspecified atom stereocenters. The molecule has 0 radical (unpaired) electrons. The van der Waals surface area contributed by atoms with E-state index in [1.807, 2.05) is 0 Å². The summed E-state index contributed by atoms with van der Waals surface area (Å²) < 4.78 is 5.22. The van der Waals surface area contributed by atoms with Crippen molar-refractivity contribution in [1.29, 1.82) is 0 Å². The molecule has 37 heavy (non-hydrogen) atoms. The first-order chi connectivity index (χ1) is 17.8. The smallest absolute Gasteiger partial charge is 0.320 e. The molecule has 2 heterocycles. The third-order valence-electron chi connectivity index (χ3n) is 6.62. The van der Waals surface area contributed by atoms with Gasteiger partial charge < -0.3 is 25.9 Å². The van der Waals surface area contributed by atoms with Gasteiger partial charge in [-0.15, -0.1) is 0 Å². The highest BCUT2D eigenvalue weighted by Crippen LogP contribution is 2.28. The number of amidine groups is 1. The highest BCUT2D eigenvalue weighted by molar-refractivity contribution is 5.95. The number of ether oxygens (including phenoxy) is 1. The predicted molar refractivity (Wildman–Crippen MR) is 137 cm³/mol. The van der Waals surface area contributed by atoms with Crippen molar-refractivity contribution in [3.05, 3.63) is 41.7 Å². The highest BCUT2D eigenvalue weighted by atomic mass is 16.5. The van der Waals surface area contributed by atoms with E-state index in [1.54, 1.807) is 43.0 Å². The minimum atomic E-state index is -0.741. The molecule has 0 aromatic carbocycles. The zero-order valence-electron chi connectivity index (χ0n) is 21.6. The SMILES string of the molecule is CC(C)OC(=O)CN[C@H](CC1CCCCC1)C(=O)N1CC=C[C@H]1C(=O)NCc1ccc(/C(N)=N/O)nc1. The van der Waals surface area contributed by atoms with Crippen molar-refractivity contribution >= 4 is 23.6 Å². The van der Waals surface area contributed by atoms with Gasteiger partial charge in [-0.3, -0.25) is 24.7 Å². The molecule has 0 bridgehead atoms. The van der Waals surface area contributed by atoms with E-state index in [0.29, 0.717) is 24.6 Å². The van der Waals surface area contributed by atoms with Gasteiger partial charge in [-0.2, -0.15) is 0 Å². The van der Waals surface area contributed by atoms with Crippen molar-refractivity contribution in [2.75, 3.05) is 13.1 Å². The Morgan fingerprint density at radius 1 is 1.24 bits per heavy atom. The lowest BCUT2D eigenvalue weighted by Crippen LogP contribution is -2.54. The van der Waals surface area contributed by atoms with Gasteiger partial charge in [-0.1, -0.05) is 55.5 Å². The van der Waals surface area contributed by atoms with Crippen molar-refractivity contribution in [1.82, 2.24) is 20.5 Å². The number of aromatic nitrogens is 1. The summed E-state index contributed by atoms with van der Waals surface area (Å²) in [7, 11) is 0. The number of nitrogens with one attached hydrogen (secondary N) is 2. The standard InChI is InChI=1S/C26H38N6O5/c1-17(2)37-23(33)16-29-21(13-18-7-4-3-5-8-18)26(35)32-12-6-9-22(32)25(34)30-15-19-10-11-20(28-14-19)24(27)31-36/h6,9-11,14,17-18,21-22,29,36H,3-5,7-8,12-13,15-16H2,1-2H3,(H2,27,31)(H,30,34)/t21-,22+/m1/s1. The van der Waals surface area contributed by atoms with Crippen LogP contribution in [0.2, 0.25) is 0 Å². The monoisotopic (exact) mass is 514 g/mol. The lowest BCUT2D eigenvalue weighted by molar-refractivity contribution is -0.147. The van der Waals surface area contributed by atoms with E-state index in [1.165, 1.54) is 12.6 Å². The van der Waals surface area contributed by atoms with Crippen LogP contribution in [-0.4, -0.2) is 70.0 Å². The number of nitrogens with two attached hydrogens (primary N) is 1. The molecule has 0 spiro atoms. The van der Waals surface area contributed by atoms with E-state index in [0.717, 1.165) is 31.2 Å². The van der Waals surface area contributed by atoms with Gasteiger partial charge in [0.05, 0.1) is 18.7 Å². The molecule has 2 aliphatic rings. The van der Waals surface area contributed by atoms with Crippen molar-refractivity contribution in [3.8, 4) is 0 Å². The molecular weight excluding hydrogens is 476 g/mol. The summed E-state index contributed by atoms with van der Waals surface area (Å²) >= 11 is 0. The number of hydrogen-bond acceptors (Lipinski definition) is 8. The van der Waals surface area contributed by atoms with Crippen molar-refractivity contribution in [2.24, 2.45) is 16.8 Å². The second-order valence-electron chi connectivity index (χ2n) is 9.83. The second kappa shape index (κ2) is 13.7. The van der Waals surface area contributed by atoms with Crippen LogP contribution >= 0.6 is 0 Å². The van der Waals surface area contributed by atoms with E-state index in [4.69, 9.17) is 15.7 Å². The first kappa shape index (κ1) is 28.1. The molecule has 2 amide bonds. The molecule has 0 saturated heterocycles. The van der Waals surface area contributed by atoms with E-state index < -0.39 is 18.1 Å². The van der Waals surface area contributed by atoms with Crippen molar-refractivity contribution in [3.63, 3.8) is 0 Å². The van der Waals surface area contributed by atoms with Crippen LogP contribution in [0.25, 0.3) is 0 Å². The Balaban J connectivity index is 1.62. The molecule has 2 atom stereocenters. The Labute approximate surface area is 217 Å². The third-order valence-corrected chi connectivity index (χ3v) is 6.62. The maximum absolute atomic E-state index is 13.6. The van der Waals surface area contributed by atoms with Crippen LogP contribution in [-0.2, 0) is 25.7 Å². The Morgan fingerprint density at radius 2 is 2.00 bits per heavy atom.